The highest BCUT2D eigenvalue weighted by Gasteiger charge is 2.30. The summed E-state index contributed by atoms with van der Waals surface area (Å²) >= 11 is 0. The molecular weight excluding hydrogens is 379 g/mol. The van der Waals surface area contributed by atoms with E-state index in [0.717, 1.165) is 36.8 Å². The Balaban J connectivity index is 1.74. The van der Waals surface area contributed by atoms with Crippen molar-refractivity contribution in [3.8, 4) is 0 Å². The van der Waals surface area contributed by atoms with Crippen molar-refractivity contribution >= 4 is 11.8 Å². The first-order valence-corrected chi connectivity index (χ1v) is 10.9. The summed E-state index contributed by atoms with van der Waals surface area (Å²) in [7, 11) is 0. The van der Waals surface area contributed by atoms with Crippen molar-refractivity contribution in [3.63, 3.8) is 0 Å². The maximum absolute atomic E-state index is 13.3. The van der Waals surface area contributed by atoms with Crippen LogP contribution in [-0.4, -0.2) is 28.8 Å². The molecule has 1 atom stereocenters. The molecule has 0 radical (unpaired) electrons. The lowest BCUT2D eigenvalue weighted by atomic mass is 10.1. The molecule has 1 aliphatic rings. The second-order valence-electron chi connectivity index (χ2n) is 8.05. The van der Waals surface area contributed by atoms with E-state index < -0.39 is 6.04 Å². The van der Waals surface area contributed by atoms with Gasteiger partial charge in [-0.1, -0.05) is 62.2 Å². The maximum Gasteiger partial charge on any atom is 0.243 e. The van der Waals surface area contributed by atoms with E-state index in [1.807, 2.05) is 37.3 Å². The van der Waals surface area contributed by atoms with Crippen molar-refractivity contribution in [2.45, 2.75) is 70.5 Å². The zero-order valence-corrected chi connectivity index (χ0v) is 17.6. The Kier molecular flexibility index (Phi) is 8.00. The summed E-state index contributed by atoms with van der Waals surface area (Å²) < 4.78 is 13.3. The van der Waals surface area contributed by atoms with Crippen LogP contribution in [0.25, 0.3) is 0 Å². The summed E-state index contributed by atoms with van der Waals surface area (Å²) in [6, 6.07) is 15.7. The topological polar surface area (TPSA) is 49.4 Å². The number of aryl methyl sites for hydroxylation is 1. The van der Waals surface area contributed by atoms with Gasteiger partial charge in [0.25, 0.3) is 0 Å². The third-order valence-corrected chi connectivity index (χ3v) is 5.82. The van der Waals surface area contributed by atoms with Gasteiger partial charge < -0.3 is 10.2 Å². The minimum absolute atomic E-state index is 0.0587. The van der Waals surface area contributed by atoms with E-state index in [1.165, 1.54) is 12.1 Å². The van der Waals surface area contributed by atoms with Crippen LogP contribution in [0.15, 0.2) is 54.6 Å². The molecule has 2 aromatic carbocycles. The van der Waals surface area contributed by atoms with Gasteiger partial charge in [0.15, 0.2) is 0 Å². The molecule has 1 fully saturated rings. The van der Waals surface area contributed by atoms with E-state index in [4.69, 9.17) is 0 Å². The molecule has 1 aliphatic carbocycles. The van der Waals surface area contributed by atoms with Crippen LogP contribution in [0.3, 0.4) is 0 Å². The predicted molar refractivity (Wildman–Crippen MR) is 116 cm³/mol. The largest absolute Gasteiger partial charge is 0.352 e. The van der Waals surface area contributed by atoms with Crippen molar-refractivity contribution in [2.75, 3.05) is 0 Å². The zero-order valence-electron chi connectivity index (χ0n) is 17.6. The molecular formula is C25H31FN2O2. The van der Waals surface area contributed by atoms with Crippen LogP contribution in [-0.2, 0) is 22.6 Å². The molecule has 5 heteroatoms. The van der Waals surface area contributed by atoms with Gasteiger partial charge in [-0.05, 0) is 48.9 Å². The average molecular weight is 411 g/mol. The lowest BCUT2D eigenvalue weighted by molar-refractivity contribution is -0.141. The number of halogens is 1. The zero-order chi connectivity index (χ0) is 21.3. The van der Waals surface area contributed by atoms with E-state index in [9.17, 15) is 14.0 Å². The van der Waals surface area contributed by atoms with Gasteiger partial charge >= 0.3 is 0 Å². The number of hydrogen-bond acceptors (Lipinski definition) is 2. The average Bonchev–Trinajstić information content (AvgIpc) is 3.27. The molecule has 1 saturated carbocycles. The molecule has 30 heavy (non-hydrogen) atoms. The van der Waals surface area contributed by atoms with Gasteiger partial charge in [-0.2, -0.15) is 0 Å². The number of rotatable bonds is 9. The predicted octanol–water partition coefficient (Wildman–Crippen LogP) is 4.62. The summed E-state index contributed by atoms with van der Waals surface area (Å²) in [5, 5.41) is 3.14. The molecule has 3 rings (SSSR count). The molecule has 0 spiro atoms. The third-order valence-electron chi connectivity index (χ3n) is 5.82. The SMILES string of the molecule is CC[C@H](C(=O)NC1CCCC1)N(Cc1ccc(F)cc1)C(=O)CCc1ccccc1. The summed E-state index contributed by atoms with van der Waals surface area (Å²) in [4.78, 5) is 27.9. The fourth-order valence-corrected chi connectivity index (χ4v) is 4.11. The molecule has 0 aromatic heterocycles. The van der Waals surface area contributed by atoms with Crippen LogP contribution in [0.5, 0.6) is 0 Å². The summed E-state index contributed by atoms with van der Waals surface area (Å²) in [6.07, 6.45) is 5.77. The Morgan fingerprint density at radius 2 is 1.70 bits per heavy atom. The highest BCUT2D eigenvalue weighted by Crippen LogP contribution is 2.20. The van der Waals surface area contributed by atoms with Crippen LogP contribution < -0.4 is 5.32 Å². The van der Waals surface area contributed by atoms with E-state index in [1.54, 1.807) is 17.0 Å². The minimum atomic E-state index is -0.529. The van der Waals surface area contributed by atoms with E-state index >= 15 is 0 Å². The molecule has 1 N–H and O–H groups in total. The monoisotopic (exact) mass is 410 g/mol. The van der Waals surface area contributed by atoms with Gasteiger partial charge in [-0.15, -0.1) is 0 Å². The number of carbonyl (C=O) groups excluding carboxylic acids is 2. The number of benzene rings is 2. The van der Waals surface area contributed by atoms with Crippen LogP contribution in [0.4, 0.5) is 4.39 Å². The Hall–Kier alpha value is -2.69. The maximum atomic E-state index is 13.3. The Morgan fingerprint density at radius 1 is 1.03 bits per heavy atom. The van der Waals surface area contributed by atoms with E-state index in [-0.39, 0.29) is 23.7 Å². The van der Waals surface area contributed by atoms with Crippen LogP contribution in [0.1, 0.15) is 56.6 Å². The summed E-state index contributed by atoms with van der Waals surface area (Å²) in [5.41, 5.74) is 1.91. The summed E-state index contributed by atoms with van der Waals surface area (Å²) in [5.74, 6) is -0.456. The standard InChI is InChI=1S/C25H31FN2O2/c1-2-23(25(30)27-22-10-6-7-11-22)28(18-20-12-15-21(26)16-13-20)24(29)17-14-19-8-4-3-5-9-19/h3-5,8-9,12-13,15-16,22-23H,2,6-7,10-11,14,17-18H2,1H3,(H,27,30)/t23-/m1/s1. The van der Waals surface area contributed by atoms with Crippen molar-refractivity contribution < 1.29 is 14.0 Å². The molecule has 0 unspecified atom stereocenters. The summed E-state index contributed by atoms with van der Waals surface area (Å²) in [6.45, 7) is 2.23. The number of amides is 2. The molecule has 0 saturated heterocycles. The van der Waals surface area contributed by atoms with Crippen molar-refractivity contribution in [1.29, 1.82) is 0 Å². The highest BCUT2D eigenvalue weighted by atomic mass is 19.1. The molecule has 160 valence electrons. The molecule has 0 bridgehead atoms. The van der Waals surface area contributed by atoms with Crippen molar-refractivity contribution in [1.82, 2.24) is 10.2 Å². The van der Waals surface area contributed by atoms with Gasteiger partial charge in [0.05, 0.1) is 0 Å². The number of carbonyl (C=O) groups is 2. The highest BCUT2D eigenvalue weighted by molar-refractivity contribution is 5.88. The molecule has 0 heterocycles. The molecule has 4 nitrogen and oxygen atoms in total. The minimum Gasteiger partial charge on any atom is -0.352 e. The van der Waals surface area contributed by atoms with Gasteiger partial charge in [-0.3, -0.25) is 9.59 Å². The fourth-order valence-electron chi connectivity index (χ4n) is 4.11. The molecule has 2 aromatic rings. The smallest absolute Gasteiger partial charge is 0.243 e. The fraction of sp³-hybridized carbons (Fsp3) is 0.440. The first-order chi connectivity index (χ1) is 14.6. The van der Waals surface area contributed by atoms with Gasteiger partial charge in [0.2, 0.25) is 11.8 Å². The van der Waals surface area contributed by atoms with Crippen LogP contribution >= 0.6 is 0 Å². The van der Waals surface area contributed by atoms with Crippen molar-refractivity contribution in [3.05, 3.63) is 71.5 Å². The lowest BCUT2D eigenvalue weighted by Crippen LogP contribution is -2.51. The normalized spacial score (nSPS) is 15.0. The van der Waals surface area contributed by atoms with Gasteiger partial charge in [0.1, 0.15) is 11.9 Å². The van der Waals surface area contributed by atoms with E-state index in [2.05, 4.69) is 5.32 Å². The molecule has 0 aliphatic heterocycles. The second kappa shape index (κ2) is 10.9. The number of nitrogens with one attached hydrogen (secondary N) is 1. The van der Waals surface area contributed by atoms with Gasteiger partial charge in [0, 0.05) is 19.0 Å². The Morgan fingerprint density at radius 3 is 2.33 bits per heavy atom. The second-order valence-corrected chi connectivity index (χ2v) is 8.05. The Labute approximate surface area is 178 Å². The lowest BCUT2D eigenvalue weighted by Gasteiger charge is -2.31. The van der Waals surface area contributed by atoms with Crippen LogP contribution in [0, 0.1) is 5.82 Å². The quantitative estimate of drug-likeness (QED) is 0.656. The van der Waals surface area contributed by atoms with E-state index in [0.29, 0.717) is 25.8 Å². The molecule has 2 amide bonds. The van der Waals surface area contributed by atoms with Crippen molar-refractivity contribution in [2.24, 2.45) is 0 Å². The first kappa shape index (κ1) is 22.0. The third kappa shape index (κ3) is 6.15. The van der Waals surface area contributed by atoms with Gasteiger partial charge in [-0.25, -0.2) is 4.39 Å². The number of hydrogen-bond donors (Lipinski definition) is 1. The first-order valence-electron chi connectivity index (χ1n) is 10.9. The Bertz CT molecular complexity index is 817. The number of nitrogens with zero attached hydrogens (tertiary/aromatic N) is 1. The van der Waals surface area contributed by atoms with Crippen LogP contribution in [0.2, 0.25) is 0 Å².